The maximum absolute atomic E-state index is 12.1. The zero-order valence-electron chi connectivity index (χ0n) is 14.7. The summed E-state index contributed by atoms with van der Waals surface area (Å²) in [6.07, 6.45) is 0.327. The van der Waals surface area contributed by atoms with Crippen LogP contribution >= 0.6 is 0 Å². The topological polar surface area (TPSA) is 50.7 Å². The van der Waals surface area contributed by atoms with Gasteiger partial charge in [0.15, 0.2) is 0 Å². The highest BCUT2D eigenvalue weighted by atomic mass is 16.5. The Morgan fingerprint density at radius 1 is 1.12 bits per heavy atom. The summed E-state index contributed by atoms with van der Waals surface area (Å²) in [5, 5.41) is 4.19. The Bertz CT molecular complexity index is 734. The molecule has 2 rings (SSSR count). The Hall–Kier alpha value is -2.62. The molecule has 0 aromatic heterocycles. The van der Waals surface area contributed by atoms with E-state index in [-0.39, 0.29) is 5.91 Å². The van der Waals surface area contributed by atoms with Crippen LogP contribution in [0, 0.1) is 13.8 Å². The van der Waals surface area contributed by atoms with Crippen molar-refractivity contribution < 1.29 is 9.53 Å². The molecule has 0 aliphatic rings. The van der Waals surface area contributed by atoms with E-state index in [2.05, 4.69) is 10.5 Å². The lowest BCUT2D eigenvalue weighted by atomic mass is 10.0. The number of carbonyl (C=O) groups is 1. The van der Waals surface area contributed by atoms with Crippen molar-refractivity contribution in [3.8, 4) is 5.75 Å². The zero-order chi connectivity index (χ0) is 17.5. The second-order valence-corrected chi connectivity index (χ2v) is 5.80. The molecule has 0 spiro atoms. The van der Waals surface area contributed by atoms with E-state index in [1.807, 2.05) is 70.2 Å². The summed E-state index contributed by atoms with van der Waals surface area (Å²) in [6.45, 7) is 8.49. The van der Waals surface area contributed by atoms with E-state index in [9.17, 15) is 4.79 Å². The van der Waals surface area contributed by atoms with Crippen molar-refractivity contribution in [2.75, 3.05) is 6.61 Å². The average molecular weight is 324 g/mol. The lowest BCUT2D eigenvalue weighted by Gasteiger charge is -2.07. The molecule has 0 fully saturated rings. The third kappa shape index (κ3) is 4.95. The van der Waals surface area contributed by atoms with Gasteiger partial charge in [-0.15, -0.1) is 0 Å². The van der Waals surface area contributed by atoms with Crippen molar-refractivity contribution in [2.24, 2.45) is 5.10 Å². The van der Waals surface area contributed by atoms with Crippen LogP contribution < -0.4 is 10.2 Å². The largest absolute Gasteiger partial charge is 0.494 e. The number of nitrogens with one attached hydrogen (secondary N) is 1. The smallest absolute Gasteiger partial charge is 0.244 e. The van der Waals surface area contributed by atoms with Crippen molar-refractivity contribution in [2.45, 2.75) is 34.1 Å². The second kappa shape index (κ2) is 8.29. The first-order chi connectivity index (χ1) is 11.5. The van der Waals surface area contributed by atoms with E-state index >= 15 is 0 Å². The van der Waals surface area contributed by atoms with Gasteiger partial charge in [0.1, 0.15) is 5.75 Å². The van der Waals surface area contributed by atoms with Crippen LogP contribution in [0.15, 0.2) is 47.6 Å². The van der Waals surface area contributed by atoms with E-state index in [4.69, 9.17) is 4.74 Å². The fourth-order valence-electron chi connectivity index (χ4n) is 2.37. The minimum Gasteiger partial charge on any atom is -0.494 e. The molecule has 0 atom stereocenters. The molecule has 0 heterocycles. The number of amides is 1. The predicted molar refractivity (Wildman–Crippen MR) is 97.6 cm³/mol. The van der Waals surface area contributed by atoms with Crippen molar-refractivity contribution >= 4 is 11.6 Å². The number of hydrogen-bond donors (Lipinski definition) is 1. The number of ether oxygens (including phenoxy) is 1. The molecule has 0 unspecified atom stereocenters. The standard InChI is InChI=1S/C20H24N2O2/c1-5-24-19-10-8-17(9-11-19)16(4)21-22-20(23)13-18-12-14(2)6-7-15(18)3/h6-12H,5,13H2,1-4H3,(H,22,23)/b21-16-. The van der Waals surface area contributed by atoms with Crippen LogP contribution in [0.2, 0.25) is 0 Å². The Morgan fingerprint density at radius 2 is 1.83 bits per heavy atom. The summed E-state index contributed by atoms with van der Waals surface area (Å²) in [5.74, 6) is 0.710. The summed E-state index contributed by atoms with van der Waals surface area (Å²) in [4.78, 5) is 12.1. The van der Waals surface area contributed by atoms with Gasteiger partial charge in [-0.05, 0) is 68.7 Å². The molecule has 0 saturated carbocycles. The van der Waals surface area contributed by atoms with Gasteiger partial charge in [-0.25, -0.2) is 5.43 Å². The molecule has 24 heavy (non-hydrogen) atoms. The quantitative estimate of drug-likeness (QED) is 0.649. The molecular formula is C20H24N2O2. The van der Waals surface area contributed by atoms with Gasteiger partial charge in [-0.2, -0.15) is 5.10 Å². The number of nitrogens with zero attached hydrogens (tertiary/aromatic N) is 1. The maximum atomic E-state index is 12.1. The van der Waals surface area contributed by atoms with Crippen molar-refractivity contribution in [1.29, 1.82) is 0 Å². The summed E-state index contributed by atoms with van der Waals surface area (Å²) < 4.78 is 5.42. The van der Waals surface area contributed by atoms with E-state index in [1.165, 1.54) is 0 Å². The SMILES string of the molecule is CCOc1ccc(/C(C)=N\NC(=O)Cc2cc(C)ccc2C)cc1. The fourth-order valence-corrected chi connectivity index (χ4v) is 2.37. The fraction of sp³-hybridized carbons (Fsp3) is 0.300. The summed E-state index contributed by atoms with van der Waals surface area (Å²) in [5.41, 5.74) is 7.63. The van der Waals surface area contributed by atoms with Gasteiger partial charge in [0.2, 0.25) is 5.91 Å². The number of aryl methyl sites for hydroxylation is 2. The number of carbonyl (C=O) groups excluding carboxylic acids is 1. The molecular weight excluding hydrogens is 300 g/mol. The first kappa shape index (κ1) is 17.7. The third-order valence-electron chi connectivity index (χ3n) is 3.79. The third-order valence-corrected chi connectivity index (χ3v) is 3.79. The van der Waals surface area contributed by atoms with Gasteiger partial charge in [-0.3, -0.25) is 4.79 Å². The van der Waals surface area contributed by atoms with Crippen molar-refractivity contribution in [1.82, 2.24) is 5.43 Å². The Labute approximate surface area is 143 Å². The second-order valence-electron chi connectivity index (χ2n) is 5.80. The molecule has 4 heteroatoms. The number of hydrazone groups is 1. The van der Waals surface area contributed by atoms with Gasteiger partial charge in [0.05, 0.1) is 18.7 Å². The molecule has 1 N–H and O–H groups in total. The van der Waals surface area contributed by atoms with Crippen molar-refractivity contribution in [3.63, 3.8) is 0 Å². The first-order valence-electron chi connectivity index (χ1n) is 8.12. The lowest BCUT2D eigenvalue weighted by molar-refractivity contribution is -0.120. The van der Waals surface area contributed by atoms with E-state index in [1.54, 1.807) is 0 Å². The lowest BCUT2D eigenvalue weighted by Crippen LogP contribution is -2.21. The van der Waals surface area contributed by atoms with E-state index in [0.29, 0.717) is 13.0 Å². The molecule has 0 aliphatic carbocycles. The van der Waals surface area contributed by atoms with Crippen LogP contribution in [0.4, 0.5) is 0 Å². The van der Waals surface area contributed by atoms with E-state index < -0.39 is 0 Å². The summed E-state index contributed by atoms with van der Waals surface area (Å²) >= 11 is 0. The van der Waals surface area contributed by atoms with Crippen LogP contribution in [-0.4, -0.2) is 18.2 Å². The molecule has 0 saturated heterocycles. The molecule has 2 aromatic rings. The Balaban J connectivity index is 1.98. The maximum Gasteiger partial charge on any atom is 0.244 e. The number of rotatable bonds is 6. The van der Waals surface area contributed by atoms with Crippen LogP contribution in [0.1, 0.15) is 36.1 Å². The summed E-state index contributed by atoms with van der Waals surface area (Å²) in [7, 11) is 0. The van der Waals surface area contributed by atoms with Crippen molar-refractivity contribution in [3.05, 3.63) is 64.7 Å². The molecule has 1 amide bonds. The van der Waals surface area contributed by atoms with Gasteiger partial charge in [0, 0.05) is 0 Å². The molecule has 126 valence electrons. The highest BCUT2D eigenvalue weighted by Gasteiger charge is 2.06. The van der Waals surface area contributed by atoms with E-state index in [0.717, 1.165) is 33.7 Å². The molecule has 0 bridgehead atoms. The minimum absolute atomic E-state index is 0.117. The van der Waals surface area contributed by atoms with Gasteiger partial charge < -0.3 is 4.74 Å². The minimum atomic E-state index is -0.117. The van der Waals surface area contributed by atoms with Gasteiger partial charge >= 0.3 is 0 Å². The molecule has 0 aliphatic heterocycles. The highest BCUT2D eigenvalue weighted by Crippen LogP contribution is 2.13. The normalized spacial score (nSPS) is 11.2. The Kier molecular flexibility index (Phi) is 6.13. The predicted octanol–water partition coefficient (Wildman–Crippen LogP) is 3.79. The number of benzene rings is 2. The zero-order valence-corrected chi connectivity index (χ0v) is 14.7. The van der Waals surface area contributed by atoms with Crippen LogP contribution in [0.5, 0.6) is 5.75 Å². The monoisotopic (exact) mass is 324 g/mol. The first-order valence-corrected chi connectivity index (χ1v) is 8.12. The molecule has 0 radical (unpaired) electrons. The van der Waals surface area contributed by atoms with Gasteiger partial charge in [0.25, 0.3) is 0 Å². The van der Waals surface area contributed by atoms with Crippen LogP contribution in [0.3, 0.4) is 0 Å². The van der Waals surface area contributed by atoms with Gasteiger partial charge in [-0.1, -0.05) is 23.8 Å². The Morgan fingerprint density at radius 3 is 2.50 bits per heavy atom. The molecule has 2 aromatic carbocycles. The average Bonchev–Trinajstić information content (AvgIpc) is 2.57. The number of hydrogen-bond acceptors (Lipinski definition) is 3. The molecule has 4 nitrogen and oxygen atoms in total. The van der Waals surface area contributed by atoms with Crippen LogP contribution in [-0.2, 0) is 11.2 Å². The summed E-state index contributed by atoms with van der Waals surface area (Å²) in [6, 6.07) is 13.8. The highest BCUT2D eigenvalue weighted by molar-refractivity contribution is 5.99. The van der Waals surface area contributed by atoms with Crippen LogP contribution in [0.25, 0.3) is 0 Å².